The van der Waals surface area contributed by atoms with E-state index < -0.39 is 0 Å². The molecule has 0 radical (unpaired) electrons. The Labute approximate surface area is 211 Å². The Kier molecular flexibility index (Phi) is 5.96. The summed E-state index contributed by atoms with van der Waals surface area (Å²) in [6.07, 6.45) is 2.40. The van der Waals surface area contributed by atoms with Crippen LogP contribution in [-0.4, -0.2) is 58.4 Å². The number of thiophene rings is 1. The van der Waals surface area contributed by atoms with E-state index in [4.69, 9.17) is 19.4 Å². The fourth-order valence-corrected chi connectivity index (χ4v) is 6.87. The first-order valence-electron chi connectivity index (χ1n) is 11.8. The lowest BCUT2D eigenvalue weighted by Crippen LogP contribution is -2.39. The highest BCUT2D eigenvalue weighted by Crippen LogP contribution is 2.44. The number of benzene rings is 1. The summed E-state index contributed by atoms with van der Waals surface area (Å²) in [5.74, 6) is 1.42. The van der Waals surface area contributed by atoms with Crippen LogP contribution in [0.2, 0.25) is 0 Å². The molecule has 9 heteroatoms. The molecule has 5 heterocycles. The van der Waals surface area contributed by atoms with Crippen molar-refractivity contribution in [3.8, 4) is 0 Å². The first kappa shape index (κ1) is 22.8. The van der Waals surface area contributed by atoms with Crippen molar-refractivity contribution >= 4 is 55.1 Å². The van der Waals surface area contributed by atoms with Gasteiger partial charge in [-0.15, -0.1) is 11.3 Å². The summed E-state index contributed by atoms with van der Waals surface area (Å²) in [7, 11) is 0. The average molecular weight is 507 g/mol. The minimum absolute atomic E-state index is 0.0903. The van der Waals surface area contributed by atoms with Gasteiger partial charge in [0, 0.05) is 36.0 Å². The molecule has 7 nitrogen and oxygen atoms in total. The number of nitrogens with zero attached hydrogens (tertiary/aromatic N) is 4. The molecule has 35 heavy (non-hydrogen) atoms. The molecule has 2 aliphatic heterocycles. The van der Waals surface area contributed by atoms with Gasteiger partial charge in [-0.3, -0.25) is 4.79 Å². The van der Waals surface area contributed by atoms with Crippen molar-refractivity contribution in [1.82, 2.24) is 15.0 Å². The number of hydrogen-bond donors (Lipinski definition) is 0. The molecule has 0 N–H and O–H groups in total. The number of aromatic nitrogens is 3. The zero-order valence-corrected chi connectivity index (χ0v) is 21.4. The molecule has 180 valence electrons. The Morgan fingerprint density at radius 2 is 1.94 bits per heavy atom. The van der Waals surface area contributed by atoms with Crippen LogP contribution in [0.4, 0.5) is 5.82 Å². The highest BCUT2D eigenvalue weighted by Gasteiger charge is 2.33. The van der Waals surface area contributed by atoms with Crippen LogP contribution < -0.4 is 4.90 Å². The van der Waals surface area contributed by atoms with Crippen LogP contribution in [0.15, 0.2) is 41.7 Å². The second-order valence-corrected chi connectivity index (χ2v) is 11.4. The van der Waals surface area contributed by atoms with Crippen LogP contribution in [0.1, 0.15) is 35.3 Å². The van der Waals surface area contributed by atoms with Gasteiger partial charge in [-0.25, -0.2) is 15.0 Å². The Hall–Kier alpha value is -2.59. The van der Waals surface area contributed by atoms with Gasteiger partial charge in [-0.1, -0.05) is 42.1 Å². The fourth-order valence-electron chi connectivity index (χ4n) is 4.75. The molecule has 6 rings (SSSR count). The van der Waals surface area contributed by atoms with Gasteiger partial charge in [0.15, 0.2) is 5.78 Å². The molecule has 2 aliphatic rings. The summed E-state index contributed by atoms with van der Waals surface area (Å²) in [5.41, 5.74) is 3.81. The van der Waals surface area contributed by atoms with Crippen molar-refractivity contribution in [2.45, 2.75) is 37.5 Å². The van der Waals surface area contributed by atoms with Gasteiger partial charge in [-0.2, -0.15) is 0 Å². The third-order valence-corrected chi connectivity index (χ3v) is 8.72. The van der Waals surface area contributed by atoms with E-state index in [-0.39, 0.29) is 11.4 Å². The molecule has 1 saturated heterocycles. The molecule has 0 amide bonds. The number of thioether (sulfide) groups is 1. The smallest absolute Gasteiger partial charge is 0.173 e. The Balaban J connectivity index is 1.44. The topological polar surface area (TPSA) is 77.4 Å². The van der Waals surface area contributed by atoms with E-state index in [9.17, 15) is 4.79 Å². The van der Waals surface area contributed by atoms with Gasteiger partial charge in [0.1, 0.15) is 22.0 Å². The summed E-state index contributed by atoms with van der Waals surface area (Å²) in [6, 6.07) is 9.40. The van der Waals surface area contributed by atoms with E-state index in [1.165, 1.54) is 17.3 Å². The van der Waals surface area contributed by atoms with Gasteiger partial charge < -0.3 is 14.4 Å². The minimum Gasteiger partial charge on any atom is -0.378 e. The van der Waals surface area contributed by atoms with Gasteiger partial charge in [0.05, 0.1) is 41.4 Å². The number of carbonyl (C=O) groups excluding carboxylic acids is 1. The second kappa shape index (κ2) is 9.13. The van der Waals surface area contributed by atoms with Gasteiger partial charge in [-0.05, 0) is 19.4 Å². The Bertz CT molecular complexity index is 1410. The molecule has 0 atom stereocenters. The largest absolute Gasteiger partial charge is 0.378 e. The molecule has 0 aliphatic carbocycles. The number of carbonyl (C=O) groups is 1. The van der Waals surface area contributed by atoms with Crippen molar-refractivity contribution in [1.29, 1.82) is 0 Å². The number of hydrogen-bond acceptors (Lipinski definition) is 9. The summed E-state index contributed by atoms with van der Waals surface area (Å²) in [4.78, 5) is 30.4. The molecular formula is C26H26N4O3S2. The van der Waals surface area contributed by atoms with Crippen molar-refractivity contribution in [3.05, 3.63) is 53.3 Å². The highest BCUT2D eigenvalue weighted by molar-refractivity contribution is 8.00. The molecule has 0 spiro atoms. The maximum absolute atomic E-state index is 12.7. The second-order valence-electron chi connectivity index (χ2n) is 9.43. The van der Waals surface area contributed by atoms with Crippen molar-refractivity contribution in [2.75, 3.05) is 37.0 Å². The molecule has 1 fully saturated rings. The van der Waals surface area contributed by atoms with E-state index in [1.807, 2.05) is 30.3 Å². The summed E-state index contributed by atoms with van der Waals surface area (Å²) >= 11 is 3.09. The predicted molar refractivity (Wildman–Crippen MR) is 140 cm³/mol. The molecule has 0 saturated carbocycles. The first-order valence-corrected chi connectivity index (χ1v) is 13.6. The van der Waals surface area contributed by atoms with E-state index in [2.05, 4.69) is 23.7 Å². The normalized spacial score (nSPS) is 17.6. The van der Waals surface area contributed by atoms with Gasteiger partial charge in [0.25, 0.3) is 0 Å². The third-order valence-electron chi connectivity index (χ3n) is 6.52. The van der Waals surface area contributed by atoms with Crippen LogP contribution in [0.25, 0.3) is 20.4 Å². The van der Waals surface area contributed by atoms with E-state index in [0.717, 1.165) is 61.9 Å². The van der Waals surface area contributed by atoms with Crippen molar-refractivity contribution < 1.29 is 14.3 Å². The van der Waals surface area contributed by atoms with Gasteiger partial charge in [0.2, 0.25) is 0 Å². The average Bonchev–Trinajstić information content (AvgIpc) is 3.26. The minimum atomic E-state index is -0.259. The number of fused-ring (bicyclic) bond motifs is 5. The van der Waals surface area contributed by atoms with E-state index in [0.29, 0.717) is 25.6 Å². The van der Waals surface area contributed by atoms with E-state index >= 15 is 0 Å². The third kappa shape index (κ3) is 4.31. The lowest BCUT2D eigenvalue weighted by Gasteiger charge is -2.36. The van der Waals surface area contributed by atoms with Crippen LogP contribution in [-0.2, 0) is 22.5 Å². The summed E-state index contributed by atoms with van der Waals surface area (Å²) < 4.78 is 12.8. The van der Waals surface area contributed by atoms with Crippen LogP contribution in [0.3, 0.4) is 0 Å². The zero-order valence-electron chi connectivity index (χ0n) is 19.7. The van der Waals surface area contributed by atoms with E-state index in [1.54, 1.807) is 17.7 Å². The van der Waals surface area contributed by atoms with Crippen LogP contribution >= 0.6 is 23.1 Å². The number of morpholine rings is 1. The maximum atomic E-state index is 12.7. The van der Waals surface area contributed by atoms with Crippen LogP contribution in [0.5, 0.6) is 0 Å². The summed E-state index contributed by atoms with van der Waals surface area (Å²) in [6.45, 7) is 7.86. The number of pyridine rings is 1. The number of ether oxygens (including phenoxy) is 2. The Morgan fingerprint density at radius 1 is 1.14 bits per heavy atom. The number of rotatable bonds is 5. The van der Waals surface area contributed by atoms with Crippen molar-refractivity contribution in [3.63, 3.8) is 0 Å². The molecule has 3 aromatic heterocycles. The molecule has 4 aromatic rings. The van der Waals surface area contributed by atoms with Crippen molar-refractivity contribution in [2.24, 2.45) is 0 Å². The molecular weight excluding hydrogens is 480 g/mol. The molecule has 1 aromatic carbocycles. The standard InChI is InChI=1S/C26H26N4O3S2/c1-26(2)12-17-18(13-33-26)23(30-8-10-32-11-9-30)29-24-20(17)21-22(35-24)25(28-15-27-21)34-14-19(31)16-6-4-3-5-7-16/h3-7,15H,8-14H2,1-2H3. The highest BCUT2D eigenvalue weighted by atomic mass is 32.2. The number of ketones is 1. The summed E-state index contributed by atoms with van der Waals surface area (Å²) in [5, 5.41) is 1.93. The predicted octanol–water partition coefficient (Wildman–Crippen LogP) is 4.90. The SMILES string of the molecule is CC1(C)Cc2c(c(N3CCOCC3)nc3sc4c(SCC(=O)c5ccccc5)ncnc4c23)CO1. The number of anilines is 1. The lowest BCUT2D eigenvalue weighted by molar-refractivity contribution is -0.0396. The zero-order chi connectivity index (χ0) is 24.0. The monoisotopic (exact) mass is 506 g/mol. The van der Waals surface area contributed by atoms with Crippen LogP contribution in [0, 0.1) is 0 Å². The lowest BCUT2D eigenvalue weighted by atomic mass is 9.90. The molecule has 0 unspecified atom stereocenters. The number of Topliss-reactive ketones (excluding diaryl/α,β-unsaturated/α-hetero) is 1. The fraction of sp³-hybridized carbons (Fsp3) is 0.385. The first-order chi connectivity index (χ1) is 17.0. The Morgan fingerprint density at radius 3 is 2.74 bits per heavy atom. The maximum Gasteiger partial charge on any atom is 0.173 e. The van der Waals surface area contributed by atoms with Gasteiger partial charge >= 0.3 is 0 Å². The quantitative estimate of drug-likeness (QED) is 0.215. The molecule has 0 bridgehead atoms.